The summed E-state index contributed by atoms with van der Waals surface area (Å²) in [6, 6.07) is 13.8. The maximum atomic E-state index is 13.1. The minimum atomic E-state index is -0.662. The second-order valence-electron chi connectivity index (χ2n) is 15.1. The predicted molar refractivity (Wildman–Crippen MR) is 233 cm³/mol. The van der Waals surface area contributed by atoms with E-state index in [1.54, 1.807) is 43.5 Å². The number of ether oxygens (including phenoxy) is 4. The van der Waals surface area contributed by atoms with Crippen LogP contribution in [0.2, 0.25) is 10.0 Å². The van der Waals surface area contributed by atoms with Crippen molar-refractivity contribution < 1.29 is 38.1 Å². The van der Waals surface area contributed by atoms with Crippen molar-refractivity contribution in [2.45, 2.75) is 44.7 Å². The number of nitriles is 1. The van der Waals surface area contributed by atoms with Crippen LogP contribution in [0.15, 0.2) is 48.7 Å². The van der Waals surface area contributed by atoms with E-state index in [0.29, 0.717) is 126 Å². The number of imide groups is 1. The Kier molecular flexibility index (Phi) is 14.5. The van der Waals surface area contributed by atoms with Gasteiger partial charge in [0.25, 0.3) is 5.91 Å². The number of aromatic nitrogens is 1. The molecule has 3 N–H and O–H groups in total. The molecule has 16 nitrogen and oxygen atoms in total. The molecule has 0 saturated carbocycles. The predicted octanol–water partition coefficient (Wildman–Crippen LogP) is 5.76. The van der Waals surface area contributed by atoms with Gasteiger partial charge in [-0.25, -0.2) is 0 Å². The van der Waals surface area contributed by atoms with Crippen LogP contribution in [0.25, 0.3) is 10.9 Å². The van der Waals surface area contributed by atoms with E-state index in [4.69, 9.17) is 42.1 Å². The highest BCUT2D eigenvalue weighted by Gasteiger charge is 2.40. The fourth-order valence-corrected chi connectivity index (χ4v) is 8.40. The third-order valence-corrected chi connectivity index (χ3v) is 11.8. The normalized spacial score (nSPS) is 16.5. The highest BCUT2D eigenvalue weighted by atomic mass is 35.5. The molecule has 1 unspecified atom stereocenters. The third-order valence-electron chi connectivity index (χ3n) is 11.2. The summed E-state index contributed by atoms with van der Waals surface area (Å²) in [5.41, 5.74) is 4.10. The zero-order valence-electron chi connectivity index (χ0n) is 34.6. The summed E-state index contributed by atoms with van der Waals surface area (Å²) in [7, 11) is 3.06. The first-order chi connectivity index (χ1) is 30.1. The average molecular weight is 888 g/mol. The third kappa shape index (κ3) is 10.1. The van der Waals surface area contributed by atoms with Gasteiger partial charge in [-0.05, 0) is 43.5 Å². The summed E-state index contributed by atoms with van der Waals surface area (Å²) in [6.45, 7) is 5.80. The number of anilines is 3. The number of amides is 4. The number of nitrogens with one attached hydrogen (secondary N) is 3. The van der Waals surface area contributed by atoms with E-state index < -0.39 is 11.9 Å². The van der Waals surface area contributed by atoms with Crippen LogP contribution in [0.3, 0.4) is 0 Å². The van der Waals surface area contributed by atoms with Crippen LogP contribution in [0.4, 0.5) is 17.1 Å². The van der Waals surface area contributed by atoms with Gasteiger partial charge in [0.15, 0.2) is 11.5 Å². The Bertz CT molecular complexity index is 2390. The van der Waals surface area contributed by atoms with Crippen LogP contribution in [0.5, 0.6) is 17.2 Å². The molecule has 1 aromatic heterocycles. The Balaban J connectivity index is 0.799. The maximum Gasteiger partial charge on any atom is 0.255 e. The summed E-state index contributed by atoms with van der Waals surface area (Å²) in [4.78, 5) is 60.3. The average Bonchev–Trinajstić information content (AvgIpc) is 3.61. The molecule has 4 amide bonds. The summed E-state index contributed by atoms with van der Waals surface area (Å²) < 4.78 is 23.0. The van der Waals surface area contributed by atoms with E-state index in [2.05, 4.69) is 31.9 Å². The highest BCUT2D eigenvalue weighted by Crippen LogP contribution is 2.40. The molecule has 2 saturated heterocycles. The molecule has 3 aliphatic rings. The van der Waals surface area contributed by atoms with Gasteiger partial charge in [0.05, 0.1) is 59.9 Å². The molecule has 0 aliphatic carbocycles. The van der Waals surface area contributed by atoms with Crippen LogP contribution in [-0.2, 0) is 25.7 Å². The van der Waals surface area contributed by atoms with Gasteiger partial charge in [-0.15, -0.1) is 0 Å². The number of carbonyl (C=O) groups excluding carboxylic acids is 4. The number of halogens is 2. The lowest BCUT2D eigenvalue weighted by molar-refractivity contribution is -0.137. The second kappa shape index (κ2) is 20.3. The SMILES string of the molecule is COc1cc(Nc2c(C#N)cnc3cc(OCCCN4CCN(C(=O)CCCOCCNc5cccc6c5CN(C5CCC(=O)NC5=O)C6=O)CC4)c(OC)cc23)c(Cl)cc1Cl. The molecular weight excluding hydrogens is 839 g/mol. The number of pyridine rings is 1. The molecule has 0 radical (unpaired) electrons. The first-order valence-corrected chi connectivity index (χ1v) is 21.3. The van der Waals surface area contributed by atoms with E-state index in [1.165, 1.54) is 18.2 Å². The fraction of sp³-hybridized carbons (Fsp3) is 0.409. The largest absolute Gasteiger partial charge is 0.495 e. The highest BCUT2D eigenvalue weighted by molar-refractivity contribution is 6.37. The van der Waals surface area contributed by atoms with Gasteiger partial charge in [-0.1, -0.05) is 29.3 Å². The number of carbonyl (C=O) groups is 4. The number of fused-ring (bicyclic) bond motifs is 2. The number of hydrogen-bond acceptors (Lipinski definition) is 13. The number of benzene rings is 3. The van der Waals surface area contributed by atoms with Crippen molar-refractivity contribution in [2.24, 2.45) is 0 Å². The van der Waals surface area contributed by atoms with Crippen molar-refractivity contribution in [3.05, 3.63) is 75.4 Å². The standard InChI is InChI=1S/C44H48Cl2N8O8/c1-59-37-23-35(31(45)21-32(37)46)50-42-27(24-47)25-49-34-22-39(38(60-2)20-29(34)42)62-18-5-12-52-13-15-53(16-14-52)41(56)8-4-17-61-19-11-48-33-7-3-6-28-30(33)26-54(44(28)58)36-9-10-40(55)51-43(36)57/h3,6-7,20-23,25,36,48H,4-5,8-19,26H2,1-2H3,(H,49,50)(H,51,55,57). The Morgan fingerprint density at radius 3 is 2.52 bits per heavy atom. The summed E-state index contributed by atoms with van der Waals surface area (Å²) in [5, 5.41) is 20.2. The fourth-order valence-electron chi connectivity index (χ4n) is 7.89. The van der Waals surface area contributed by atoms with E-state index in [0.717, 1.165) is 37.3 Å². The minimum Gasteiger partial charge on any atom is -0.495 e. The Morgan fingerprint density at radius 1 is 0.952 bits per heavy atom. The minimum absolute atomic E-state index is 0.119. The quantitative estimate of drug-likeness (QED) is 0.0810. The van der Waals surface area contributed by atoms with Crippen molar-refractivity contribution in [3.63, 3.8) is 0 Å². The zero-order valence-corrected chi connectivity index (χ0v) is 36.1. The van der Waals surface area contributed by atoms with E-state index in [9.17, 15) is 24.4 Å². The summed E-state index contributed by atoms with van der Waals surface area (Å²) in [6.07, 6.45) is 3.80. The lowest BCUT2D eigenvalue weighted by atomic mass is 10.0. The van der Waals surface area contributed by atoms with Crippen LogP contribution >= 0.6 is 23.2 Å². The molecule has 326 valence electrons. The number of rotatable bonds is 18. The van der Waals surface area contributed by atoms with Gasteiger partial charge in [-0.2, -0.15) is 5.26 Å². The van der Waals surface area contributed by atoms with Crippen molar-refractivity contribution in [2.75, 3.05) is 83.9 Å². The molecule has 4 heterocycles. The number of hydrogen-bond donors (Lipinski definition) is 3. The lowest BCUT2D eigenvalue weighted by Gasteiger charge is -2.34. The molecule has 7 rings (SSSR count). The Labute approximate surface area is 369 Å². The van der Waals surface area contributed by atoms with Gasteiger partial charge < -0.3 is 39.4 Å². The Hall–Kier alpha value is -5.86. The number of piperidine rings is 1. The summed E-state index contributed by atoms with van der Waals surface area (Å²) >= 11 is 12.7. The van der Waals surface area contributed by atoms with Crippen molar-refractivity contribution in [3.8, 4) is 23.3 Å². The molecular formula is C44H48Cl2N8O8. The van der Waals surface area contributed by atoms with Crippen LogP contribution in [0.1, 0.15) is 53.6 Å². The van der Waals surface area contributed by atoms with E-state index in [1.807, 2.05) is 11.0 Å². The van der Waals surface area contributed by atoms with Crippen molar-refractivity contribution in [1.82, 2.24) is 25.0 Å². The number of methoxy groups -OCH3 is 2. The van der Waals surface area contributed by atoms with Crippen LogP contribution in [-0.4, -0.2) is 123 Å². The second-order valence-corrected chi connectivity index (χ2v) is 15.9. The van der Waals surface area contributed by atoms with Gasteiger partial charge >= 0.3 is 0 Å². The van der Waals surface area contributed by atoms with Gasteiger partial charge in [0.1, 0.15) is 17.9 Å². The molecule has 0 bridgehead atoms. The van der Waals surface area contributed by atoms with Crippen LogP contribution < -0.4 is 30.2 Å². The zero-order chi connectivity index (χ0) is 43.8. The van der Waals surface area contributed by atoms with Gasteiger partial charge in [0, 0.05) is 106 Å². The number of nitrogens with zero attached hydrogens (tertiary/aromatic N) is 5. The van der Waals surface area contributed by atoms with Gasteiger partial charge in [0.2, 0.25) is 17.7 Å². The molecule has 1 atom stereocenters. The molecule has 18 heteroatoms. The molecule has 0 spiro atoms. The van der Waals surface area contributed by atoms with E-state index >= 15 is 0 Å². The van der Waals surface area contributed by atoms with Crippen molar-refractivity contribution in [1.29, 1.82) is 5.26 Å². The first kappa shape index (κ1) is 44.2. The topological polar surface area (TPSA) is 188 Å². The van der Waals surface area contributed by atoms with Crippen LogP contribution in [0, 0.1) is 11.3 Å². The molecule has 3 aliphatic heterocycles. The smallest absolute Gasteiger partial charge is 0.255 e. The molecule has 3 aromatic carbocycles. The Morgan fingerprint density at radius 2 is 1.76 bits per heavy atom. The first-order valence-electron chi connectivity index (χ1n) is 20.5. The van der Waals surface area contributed by atoms with Crippen molar-refractivity contribution >= 4 is 74.8 Å². The summed E-state index contributed by atoms with van der Waals surface area (Å²) in [5.74, 6) is 0.604. The molecule has 2 fully saturated rings. The molecule has 62 heavy (non-hydrogen) atoms. The van der Waals surface area contributed by atoms with Gasteiger partial charge in [-0.3, -0.25) is 34.4 Å². The maximum absolute atomic E-state index is 13.1. The number of piperazine rings is 1. The molecule has 4 aromatic rings. The van der Waals surface area contributed by atoms with E-state index in [-0.39, 0.29) is 24.1 Å². The monoisotopic (exact) mass is 886 g/mol. The lowest BCUT2D eigenvalue weighted by Crippen LogP contribution is -2.52.